The van der Waals surface area contributed by atoms with Crippen LogP contribution < -0.4 is 14.4 Å². The molecule has 5 saturated heterocycles. The maximum atomic E-state index is 17.6. The van der Waals surface area contributed by atoms with Crippen molar-refractivity contribution in [2.24, 2.45) is 5.92 Å². The molecule has 1 aromatic heterocycles. The molecule has 1 N–H and O–H groups in total. The van der Waals surface area contributed by atoms with Crippen molar-refractivity contribution >= 4 is 28.4 Å². The molecule has 7 atom stereocenters. The molecule has 2 bridgehead atoms. The molecule has 3 aromatic rings. The number of amides is 1. The summed E-state index contributed by atoms with van der Waals surface area (Å²) in [5, 5.41) is 10.9. The first kappa shape index (κ1) is 37.7. The molecule has 1 aliphatic carbocycles. The summed E-state index contributed by atoms with van der Waals surface area (Å²) in [7, 11) is 0. The lowest BCUT2D eigenvalue weighted by Crippen LogP contribution is -2.63. The van der Waals surface area contributed by atoms with Gasteiger partial charge in [-0.1, -0.05) is 24.3 Å². The van der Waals surface area contributed by atoms with Gasteiger partial charge >= 0.3 is 12.1 Å². The van der Waals surface area contributed by atoms with Crippen molar-refractivity contribution in [3.8, 4) is 28.6 Å². The molecule has 7 aliphatic rings. The van der Waals surface area contributed by atoms with Gasteiger partial charge in [0.25, 0.3) is 0 Å². The summed E-state index contributed by atoms with van der Waals surface area (Å²) >= 11 is 0. The largest absolute Gasteiger partial charge is 0.508 e. The third kappa shape index (κ3) is 6.27. The summed E-state index contributed by atoms with van der Waals surface area (Å²) in [6, 6.07) is 3.36. The molecule has 0 saturated carbocycles. The van der Waals surface area contributed by atoms with Crippen molar-refractivity contribution in [2.75, 3.05) is 44.4 Å². The second-order valence-electron chi connectivity index (χ2n) is 18.2. The van der Waals surface area contributed by atoms with Crippen LogP contribution in [0.15, 0.2) is 36.4 Å². The molecule has 10 rings (SSSR count). The average Bonchev–Trinajstić information content (AvgIpc) is 3.94. The van der Waals surface area contributed by atoms with Crippen LogP contribution in [0, 0.1) is 17.6 Å². The molecule has 5 fully saturated rings. The van der Waals surface area contributed by atoms with E-state index in [9.17, 15) is 14.3 Å². The number of alkyl halides is 1. The van der Waals surface area contributed by atoms with E-state index in [4.69, 9.17) is 23.9 Å². The molecular weight excluding hydrogens is 752 g/mol. The SMILES string of the molecule is CC(C)(C)OC(=O)N1C2CCC1C1COc3c(F)c(-c4cc(O)ccc4C4=CC(C5CCCCO5)C=C4)c(F)c4nc(OC[C@@]56CCCN5C[C@H](F)C6)nc(c34)N1C2. The van der Waals surface area contributed by atoms with E-state index in [0.29, 0.717) is 44.5 Å². The molecule has 14 heteroatoms. The number of carbonyl (C=O) groups is 1. The molecular formula is C44H50F3N5O6. The lowest BCUT2D eigenvalue weighted by atomic mass is 9.91. The van der Waals surface area contributed by atoms with Crippen molar-refractivity contribution in [1.29, 1.82) is 0 Å². The number of rotatable bonds is 6. The zero-order valence-corrected chi connectivity index (χ0v) is 33.2. The molecule has 5 unspecified atom stereocenters. The highest BCUT2D eigenvalue weighted by Crippen LogP contribution is 2.50. The minimum atomic E-state index is -0.974. The van der Waals surface area contributed by atoms with Gasteiger partial charge in [0.05, 0.1) is 40.7 Å². The fraction of sp³-hybridized carbons (Fsp3) is 0.568. The van der Waals surface area contributed by atoms with Crippen LogP contribution in [0.1, 0.15) is 77.7 Å². The summed E-state index contributed by atoms with van der Waals surface area (Å²) in [5.41, 5.74) is -0.397. The maximum absolute atomic E-state index is 17.6. The summed E-state index contributed by atoms with van der Waals surface area (Å²) in [5.74, 6) is -2.01. The number of aromatic hydroxyl groups is 1. The van der Waals surface area contributed by atoms with Crippen molar-refractivity contribution in [3.05, 3.63) is 53.6 Å². The summed E-state index contributed by atoms with van der Waals surface area (Å²) < 4.78 is 74.5. The highest BCUT2D eigenvalue weighted by molar-refractivity contribution is 6.01. The number of piperazine rings is 1. The number of ether oxygens (including phenoxy) is 4. The number of anilines is 1. The van der Waals surface area contributed by atoms with Crippen LogP contribution >= 0.6 is 0 Å². The first-order valence-corrected chi connectivity index (χ1v) is 20.9. The number of halogens is 3. The fourth-order valence-corrected chi connectivity index (χ4v) is 10.8. The number of allylic oxidation sites excluding steroid dienone is 2. The van der Waals surface area contributed by atoms with Crippen LogP contribution in [0.3, 0.4) is 0 Å². The smallest absolute Gasteiger partial charge is 0.410 e. The minimum Gasteiger partial charge on any atom is -0.508 e. The van der Waals surface area contributed by atoms with Crippen LogP contribution in [0.5, 0.6) is 17.5 Å². The Morgan fingerprint density at radius 3 is 2.72 bits per heavy atom. The Morgan fingerprint density at radius 2 is 1.91 bits per heavy atom. The molecule has 7 heterocycles. The Labute approximate surface area is 335 Å². The molecule has 1 amide bonds. The number of carbonyl (C=O) groups excluding carboxylic acids is 1. The zero-order valence-electron chi connectivity index (χ0n) is 33.2. The Balaban J connectivity index is 1.10. The van der Waals surface area contributed by atoms with Crippen LogP contribution in [0.4, 0.5) is 23.8 Å². The van der Waals surface area contributed by atoms with E-state index in [-0.39, 0.29) is 77.1 Å². The summed E-state index contributed by atoms with van der Waals surface area (Å²) in [4.78, 5) is 29.0. The number of hydrogen-bond acceptors (Lipinski definition) is 10. The number of nitrogens with zero attached hydrogens (tertiary/aromatic N) is 5. The lowest BCUT2D eigenvalue weighted by Gasteiger charge is -2.46. The number of fused-ring (bicyclic) bond motifs is 6. The maximum Gasteiger partial charge on any atom is 0.410 e. The molecule has 0 radical (unpaired) electrons. The standard InChI is InChI=1S/C44H50F3N5O6/c1-43(2,3)58-42(54)52-27-10-13-31(52)32-22-56-39-35-38(48-41(49-40(35)51(32)21-27)57-23-44-14-6-15-50(44)20-26(45)19-44)36(46)34(37(39)47)30-18-28(53)11-12-29(30)24-8-9-25(17-24)33-7-4-5-16-55-33/h8-9,11-12,17-18,25-27,31-33,53H,4-7,10,13-16,19-23H2,1-3H3/t25?,26-,27?,31?,32?,33?,44+/m1/s1. The van der Waals surface area contributed by atoms with Gasteiger partial charge in [-0.25, -0.2) is 18.0 Å². The third-order valence-corrected chi connectivity index (χ3v) is 13.3. The molecule has 308 valence electrons. The van der Waals surface area contributed by atoms with Gasteiger partial charge in [-0.3, -0.25) is 9.80 Å². The number of hydrogen-bond donors (Lipinski definition) is 1. The van der Waals surface area contributed by atoms with Gasteiger partial charge in [-0.15, -0.1) is 0 Å². The highest BCUT2D eigenvalue weighted by atomic mass is 19.1. The van der Waals surface area contributed by atoms with Gasteiger partial charge in [-0.05, 0) is 101 Å². The Morgan fingerprint density at radius 1 is 1.05 bits per heavy atom. The van der Waals surface area contributed by atoms with Gasteiger partial charge < -0.3 is 29.0 Å². The number of phenols is 1. The Kier molecular flexibility index (Phi) is 9.12. The average molecular weight is 802 g/mol. The van der Waals surface area contributed by atoms with Gasteiger partial charge in [0.15, 0.2) is 17.4 Å². The van der Waals surface area contributed by atoms with E-state index >= 15 is 8.78 Å². The van der Waals surface area contributed by atoms with E-state index in [2.05, 4.69) is 22.0 Å². The molecule has 0 spiro atoms. The van der Waals surface area contributed by atoms with E-state index in [0.717, 1.165) is 44.2 Å². The predicted molar refractivity (Wildman–Crippen MR) is 211 cm³/mol. The second-order valence-corrected chi connectivity index (χ2v) is 18.2. The summed E-state index contributed by atoms with van der Waals surface area (Å²) in [6.45, 7) is 7.69. The summed E-state index contributed by atoms with van der Waals surface area (Å²) in [6.07, 6.45) is 11.1. The van der Waals surface area contributed by atoms with Gasteiger partial charge in [-0.2, -0.15) is 9.97 Å². The van der Waals surface area contributed by atoms with E-state index in [1.165, 1.54) is 12.1 Å². The normalized spacial score (nSPS) is 30.3. The van der Waals surface area contributed by atoms with E-state index < -0.39 is 46.6 Å². The molecule has 2 aromatic carbocycles. The minimum absolute atomic E-state index is 0.00188. The van der Waals surface area contributed by atoms with Crippen molar-refractivity contribution in [2.45, 2.75) is 114 Å². The van der Waals surface area contributed by atoms with Crippen LogP contribution in [0.25, 0.3) is 27.6 Å². The first-order valence-electron chi connectivity index (χ1n) is 20.9. The monoisotopic (exact) mass is 801 g/mol. The number of phenolic OH excluding ortho intramolecular Hbond substituents is 1. The van der Waals surface area contributed by atoms with Crippen molar-refractivity contribution < 1.29 is 42.0 Å². The van der Waals surface area contributed by atoms with E-state index in [1.807, 2.05) is 31.7 Å². The van der Waals surface area contributed by atoms with Gasteiger partial charge in [0.2, 0.25) is 0 Å². The van der Waals surface area contributed by atoms with Crippen molar-refractivity contribution in [1.82, 2.24) is 19.8 Å². The Bertz CT molecular complexity index is 2220. The van der Waals surface area contributed by atoms with Gasteiger partial charge in [0.1, 0.15) is 42.1 Å². The first-order chi connectivity index (χ1) is 27.9. The number of aromatic nitrogens is 2. The van der Waals surface area contributed by atoms with Crippen LogP contribution in [-0.2, 0) is 9.47 Å². The topological polar surface area (TPSA) is 110 Å². The van der Waals surface area contributed by atoms with Crippen molar-refractivity contribution in [3.63, 3.8) is 0 Å². The quantitative estimate of drug-likeness (QED) is 0.266. The number of benzene rings is 2. The molecule has 58 heavy (non-hydrogen) atoms. The van der Waals surface area contributed by atoms with Gasteiger partial charge in [0, 0.05) is 32.0 Å². The van der Waals surface area contributed by atoms with Crippen LogP contribution in [0.2, 0.25) is 0 Å². The zero-order chi connectivity index (χ0) is 40.1. The Hall–Kier alpha value is -4.56. The highest BCUT2D eigenvalue weighted by Gasteiger charge is 2.53. The fourth-order valence-electron chi connectivity index (χ4n) is 10.8. The second kappa shape index (κ2) is 14.0. The molecule has 6 aliphatic heterocycles. The van der Waals surface area contributed by atoms with Crippen LogP contribution in [-0.4, -0.2) is 112 Å². The molecule has 11 nitrogen and oxygen atoms in total. The lowest BCUT2D eigenvalue weighted by molar-refractivity contribution is 0.00171. The van der Waals surface area contributed by atoms with E-state index in [1.54, 1.807) is 11.0 Å². The predicted octanol–water partition coefficient (Wildman–Crippen LogP) is 7.72. The third-order valence-electron chi connectivity index (χ3n) is 13.3.